The van der Waals surface area contributed by atoms with Gasteiger partial charge in [-0.2, -0.15) is 0 Å². The predicted octanol–water partition coefficient (Wildman–Crippen LogP) is 6.28. The molecule has 2 fully saturated rings. The van der Waals surface area contributed by atoms with Gasteiger partial charge in [-0.15, -0.1) is 0 Å². The highest BCUT2D eigenvalue weighted by Gasteiger charge is 2.54. The summed E-state index contributed by atoms with van der Waals surface area (Å²) in [5.41, 5.74) is 0.538. The lowest BCUT2D eigenvalue weighted by molar-refractivity contribution is -0.161. The van der Waals surface area contributed by atoms with E-state index in [2.05, 4.69) is 0 Å². The molecular formula is C28H33Cl2NO5S. The number of carboxylic acid groups (broad SMARTS) is 1. The number of amides is 1. The molecule has 1 heterocycles. The molecule has 200 valence electrons. The number of piperidine rings is 1. The first-order chi connectivity index (χ1) is 17.5. The Morgan fingerprint density at radius 2 is 1.76 bits per heavy atom. The van der Waals surface area contributed by atoms with Crippen LogP contribution in [0.4, 0.5) is 0 Å². The predicted molar refractivity (Wildman–Crippen MR) is 146 cm³/mol. The van der Waals surface area contributed by atoms with Crippen LogP contribution in [0.25, 0.3) is 0 Å². The van der Waals surface area contributed by atoms with E-state index in [1.165, 1.54) is 0 Å². The highest BCUT2D eigenvalue weighted by atomic mass is 35.5. The van der Waals surface area contributed by atoms with Crippen LogP contribution in [-0.4, -0.2) is 47.3 Å². The average molecular weight is 567 g/mol. The first-order valence-electron chi connectivity index (χ1n) is 12.8. The summed E-state index contributed by atoms with van der Waals surface area (Å²) in [5.74, 6) is -1.79. The van der Waals surface area contributed by atoms with Gasteiger partial charge in [0.25, 0.3) is 0 Å². The standard InChI is InChI=1S/C28H33Cl2NO5S/c1-3-22(17-37(35,36)23-12-13-23)31-26(18-8-10-20(29)11-9-18)24(19-6-5-7-21(30)14-19)15-28(4-2,27(31)34)16-25(32)33/h5-11,14,22-24,26H,3-4,12-13,15-17H2,1-2H3,(H,32,33)/t22-,24+,26+,28+/m0/s1. The number of halogens is 2. The molecule has 1 saturated carbocycles. The van der Waals surface area contributed by atoms with Crippen LogP contribution < -0.4 is 0 Å². The zero-order valence-corrected chi connectivity index (χ0v) is 23.4. The Morgan fingerprint density at radius 3 is 2.30 bits per heavy atom. The molecule has 0 radical (unpaired) electrons. The maximum atomic E-state index is 14.4. The molecule has 1 aliphatic heterocycles. The van der Waals surface area contributed by atoms with Crippen LogP contribution in [0.5, 0.6) is 0 Å². The van der Waals surface area contributed by atoms with Crippen molar-refractivity contribution in [2.45, 2.75) is 75.6 Å². The number of rotatable bonds is 10. The number of carbonyl (C=O) groups excluding carboxylic acids is 1. The summed E-state index contributed by atoms with van der Waals surface area (Å²) in [4.78, 5) is 28.1. The van der Waals surface area contributed by atoms with Gasteiger partial charge in [0.2, 0.25) is 5.91 Å². The van der Waals surface area contributed by atoms with Crippen LogP contribution in [0.15, 0.2) is 48.5 Å². The molecular weight excluding hydrogens is 533 g/mol. The van der Waals surface area contributed by atoms with Crippen molar-refractivity contribution in [3.8, 4) is 0 Å². The van der Waals surface area contributed by atoms with E-state index < -0.39 is 33.3 Å². The fourth-order valence-electron chi connectivity index (χ4n) is 5.78. The van der Waals surface area contributed by atoms with Gasteiger partial charge in [-0.3, -0.25) is 9.59 Å². The van der Waals surface area contributed by atoms with E-state index in [-0.39, 0.29) is 29.2 Å². The minimum absolute atomic E-state index is 0.140. The van der Waals surface area contributed by atoms with E-state index in [1.54, 1.807) is 23.1 Å². The fraction of sp³-hybridized carbons (Fsp3) is 0.500. The number of nitrogens with zero attached hydrogens (tertiary/aromatic N) is 1. The highest BCUT2D eigenvalue weighted by Crippen LogP contribution is 2.53. The minimum Gasteiger partial charge on any atom is -0.481 e. The maximum absolute atomic E-state index is 14.4. The Balaban J connectivity index is 1.92. The number of aliphatic carboxylic acids is 1. The molecule has 4 atom stereocenters. The second-order valence-corrected chi connectivity index (χ2v) is 13.6. The summed E-state index contributed by atoms with van der Waals surface area (Å²) >= 11 is 12.6. The Morgan fingerprint density at radius 1 is 1.08 bits per heavy atom. The van der Waals surface area contributed by atoms with Gasteiger partial charge in [0.1, 0.15) is 0 Å². The molecule has 1 amide bonds. The minimum atomic E-state index is -3.39. The van der Waals surface area contributed by atoms with Gasteiger partial charge in [0.05, 0.1) is 28.9 Å². The SMILES string of the molecule is CC[C@@H](CS(=O)(=O)C1CC1)N1C(=O)[C@@](CC)(CC(=O)O)C[C@H](c2cccc(Cl)c2)[C@H]1c1ccc(Cl)cc1. The van der Waals surface area contributed by atoms with Gasteiger partial charge in [0, 0.05) is 22.0 Å². The lowest BCUT2D eigenvalue weighted by Crippen LogP contribution is -2.58. The van der Waals surface area contributed by atoms with Crippen molar-refractivity contribution in [2.75, 3.05) is 5.75 Å². The molecule has 1 N–H and O–H groups in total. The Hall–Kier alpha value is -2.09. The summed E-state index contributed by atoms with van der Waals surface area (Å²) in [6, 6.07) is 13.6. The smallest absolute Gasteiger partial charge is 0.304 e. The van der Waals surface area contributed by atoms with Crippen LogP contribution in [0.1, 0.15) is 75.5 Å². The largest absolute Gasteiger partial charge is 0.481 e. The summed E-state index contributed by atoms with van der Waals surface area (Å²) in [5, 5.41) is 10.6. The van der Waals surface area contributed by atoms with Crippen molar-refractivity contribution >= 4 is 44.9 Å². The van der Waals surface area contributed by atoms with Crippen LogP contribution in [0.2, 0.25) is 10.0 Å². The molecule has 2 aromatic carbocycles. The molecule has 0 spiro atoms. The van der Waals surface area contributed by atoms with Crippen LogP contribution in [0.3, 0.4) is 0 Å². The van der Waals surface area contributed by atoms with Crippen molar-refractivity contribution in [1.29, 1.82) is 0 Å². The van der Waals surface area contributed by atoms with Gasteiger partial charge in [-0.1, -0.05) is 61.3 Å². The number of carboxylic acids is 1. The molecule has 0 unspecified atom stereocenters. The molecule has 0 bridgehead atoms. The topological polar surface area (TPSA) is 91.8 Å². The molecule has 0 aromatic heterocycles. The van der Waals surface area contributed by atoms with E-state index in [0.717, 1.165) is 11.1 Å². The summed E-state index contributed by atoms with van der Waals surface area (Å²) in [7, 11) is -3.39. The molecule has 2 aliphatic rings. The quantitative estimate of drug-likeness (QED) is 0.366. The third-order valence-electron chi connectivity index (χ3n) is 7.96. The second kappa shape index (κ2) is 11.0. The van der Waals surface area contributed by atoms with Crippen molar-refractivity contribution in [3.05, 3.63) is 69.7 Å². The van der Waals surface area contributed by atoms with Crippen LogP contribution in [0, 0.1) is 5.41 Å². The van der Waals surface area contributed by atoms with Gasteiger partial charge < -0.3 is 10.0 Å². The fourth-order valence-corrected chi connectivity index (χ4v) is 8.17. The Labute approximate surface area is 228 Å². The lowest BCUT2D eigenvalue weighted by atomic mass is 9.65. The van der Waals surface area contributed by atoms with E-state index >= 15 is 0 Å². The first-order valence-corrected chi connectivity index (χ1v) is 15.3. The summed E-state index contributed by atoms with van der Waals surface area (Å²) in [6.07, 6.45) is 2.04. The number of likely N-dealkylation sites (tertiary alicyclic amines) is 1. The second-order valence-electron chi connectivity index (χ2n) is 10.4. The molecule has 9 heteroatoms. The molecule has 37 heavy (non-hydrogen) atoms. The van der Waals surface area contributed by atoms with E-state index in [9.17, 15) is 23.1 Å². The van der Waals surface area contributed by atoms with Gasteiger partial charge in [-0.25, -0.2) is 8.42 Å². The molecule has 6 nitrogen and oxygen atoms in total. The monoisotopic (exact) mass is 565 g/mol. The zero-order valence-electron chi connectivity index (χ0n) is 21.1. The van der Waals surface area contributed by atoms with Crippen molar-refractivity contribution in [3.63, 3.8) is 0 Å². The third-order valence-corrected chi connectivity index (χ3v) is 10.8. The van der Waals surface area contributed by atoms with E-state index in [1.807, 2.05) is 44.2 Å². The summed E-state index contributed by atoms with van der Waals surface area (Å²) < 4.78 is 26.3. The van der Waals surface area contributed by atoms with Gasteiger partial charge >= 0.3 is 5.97 Å². The molecule has 1 saturated heterocycles. The Bertz CT molecular complexity index is 1260. The van der Waals surface area contributed by atoms with Crippen molar-refractivity contribution in [1.82, 2.24) is 4.90 Å². The van der Waals surface area contributed by atoms with Crippen molar-refractivity contribution < 1.29 is 23.1 Å². The normalized spacial score (nSPS) is 25.2. The van der Waals surface area contributed by atoms with Crippen LogP contribution in [-0.2, 0) is 19.4 Å². The van der Waals surface area contributed by atoms with Crippen molar-refractivity contribution in [2.24, 2.45) is 5.41 Å². The van der Waals surface area contributed by atoms with Crippen LogP contribution >= 0.6 is 23.2 Å². The number of benzene rings is 2. The van der Waals surface area contributed by atoms with Gasteiger partial charge in [0.15, 0.2) is 9.84 Å². The molecule has 1 aliphatic carbocycles. The summed E-state index contributed by atoms with van der Waals surface area (Å²) in [6.45, 7) is 3.71. The Kier molecular flexibility index (Phi) is 8.27. The van der Waals surface area contributed by atoms with Gasteiger partial charge in [-0.05, 0) is 67.5 Å². The van der Waals surface area contributed by atoms with E-state index in [4.69, 9.17) is 23.2 Å². The maximum Gasteiger partial charge on any atom is 0.304 e. The third kappa shape index (κ3) is 5.84. The average Bonchev–Trinajstić information content (AvgIpc) is 3.70. The molecule has 4 rings (SSSR count). The van der Waals surface area contributed by atoms with E-state index in [0.29, 0.717) is 42.1 Å². The number of hydrogen-bond donors (Lipinski definition) is 1. The molecule has 2 aromatic rings. The number of hydrogen-bond acceptors (Lipinski definition) is 4. The highest BCUT2D eigenvalue weighted by molar-refractivity contribution is 7.92. The first kappa shape index (κ1) is 27.9. The number of sulfone groups is 1. The lowest BCUT2D eigenvalue weighted by Gasteiger charge is -2.52. The zero-order chi connectivity index (χ0) is 27.0. The number of carbonyl (C=O) groups is 2.